The maximum absolute atomic E-state index is 12.2. The lowest BCUT2D eigenvalue weighted by atomic mass is 10.1. The molecule has 0 aliphatic rings. The van der Waals surface area contributed by atoms with Gasteiger partial charge in [-0.15, -0.1) is 6.42 Å². The monoisotopic (exact) mass is 396 g/mol. The molecule has 1 rings (SSSR count). The van der Waals surface area contributed by atoms with Gasteiger partial charge < -0.3 is 24.3 Å². The Morgan fingerprint density at radius 3 is 2.07 bits per heavy atom. The van der Waals surface area contributed by atoms with Crippen LogP contribution in [0.4, 0.5) is 0 Å². The van der Waals surface area contributed by atoms with Gasteiger partial charge in [0.15, 0.2) is 0 Å². The molecule has 0 aromatic heterocycles. The Balaban J connectivity index is 1.94. The standard InChI is InChI=1S/C19H28N2O5S/c1-2-9-23-11-13-25-15-16-26-14-12-24-10-8-20-19(22)18(21-27)17-6-4-3-5-7-17/h1,3-7,18,21,27H,8-16H2,(H,20,22). The summed E-state index contributed by atoms with van der Waals surface area (Å²) in [5.41, 5.74) is 0.851. The van der Waals surface area contributed by atoms with Crippen LogP contribution in [-0.2, 0) is 23.7 Å². The van der Waals surface area contributed by atoms with Gasteiger partial charge in [-0.25, -0.2) is 0 Å². The Bertz CT molecular complexity index is 539. The first-order chi connectivity index (χ1) is 13.3. The minimum atomic E-state index is -0.505. The number of benzene rings is 1. The quantitative estimate of drug-likeness (QED) is 0.220. The molecule has 0 saturated heterocycles. The molecule has 7 nitrogen and oxygen atoms in total. The van der Waals surface area contributed by atoms with Crippen LogP contribution in [0.15, 0.2) is 30.3 Å². The maximum Gasteiger partial charge on any atom is 0.242 e. The van der Waals surface area contributed by atoms with Crippen molar-refractivity contribution in [3.8, 4) is 12.3 Å². The van der Waals surface area contributed by atoms with Crippen LogP contribution < -0.4 is 10.0 Å². The zero-order valence-electron chi connectivity index (χ0n) is 15.4. The van der Waals surface area contributed by atoms with E-state index in [1.807, 2.05) is 30.3 Å². The summed E-state index contributed by atoms with van der Waals surface area (Å²) in [6.45, 7) is 4.00. The fourth-order valence-corrected chi connectivity index (χ4v) is 2.34. The summed E-state index contributed by atoms with van der Waals surface area (Å²) in [7, 11) is 0. The second-order valence-electron chi connectivity index (χ2n) is 5.36. The van der Waals surface area contributed by atoms with Crippen LogP contribution >= 0.6 is 12.8 Å². The molecule has 1 unspecified atom stereocenters. The molecule has 1 aromatic rings. The molecule has 0 bridgehead atoms. The van der Waals surface area contributed by atoms with Crippen molar-refractivity contribution < 1.29 is 23.7 Å². The maximum atomic E-state index is 12.2. The summed E-state index contributed by atoms with van der Waals surface area (Å²) in [6.07, 6.45) is 5.05. The Morgan fingerprint density at radius 1 is 0.963 bits per heavy atom. The molecule has 0 radical (unpaired) electrons. The highest BCUT2D eigenvalue weighted by Crippen LogP contribution is 2.12. The third kappa shape index (κ3) is 11.7. The number of thiol groups is 1. The van der Waals surface area contributed by atoms with E-state index in [0.29, 0.717) is 59.4 Å². The fraction of sp³-hybridized carbons (Fsp3) is 0.526. The third-order valence-electron chi connectivity index (χ3n) is 3.37. The highest BCUT2D eigenvalue weighted by atomic mass is 32.1. The third-order valence-corrected chi connectivity index (χ3v) is 3.63. The number of hydrogen-bond acceptors (Lipinski definition) is 7. The van der Waals surface area contributed by atoms with Crippen LogP contribution in [-0.4, -0.2) is 65.3 Å². The number of nitrogens with one attached hydrogen (secondary N) is 2. The summed E-state index contributed by atoms with van der Waals surface area (Å²) in [5.74, 6) is 2.23. The largest absolute Gasteiger partial charge is 0.377 e. The average molecular weight is 397 g/mol. The molecule has 2 N–H and O–H groups in total. The zero-order chi connectivity index (χ0) is 19.6. The smallest absolute Gasteiger partial charge is 0.242 e. The highest BCUT2D eigenvalue weighted by Gasteiger charge is 2.17. The number of rotatable bonds is 16. The Hall–Kier alpha value is -1.60. The minimum Gasteiger partial charge on any atom is -0.377 e. The average Bonchev–Trinajstić information content (AvgIpc) is 2.69. The molecule has 0 fully saturated rings. The number of hydrogen-bond donors (Lipinski definition) is 3. The van der Waals surface area contributed by atoms with Crippen LogP contribution in [0.2, 0.25) is 0 Å². The first kappa shape index (κ1) is 23.4. The first-order valence-corrected chi connectivity index (χ1v) is 9.21. The molecule has 27 heavy (non-hydrogen) atoms. The number of carbonyl (C=O) groups is 1. The van der Waals surface area contributed by atoms with Gasteiger partial charge in [0.2, 0.25) is 5.91 Å². The van der Waals surface area contributed by atoms with Crippen molar-refractivity contribution in [2.45, 2.75) is 6.04 Å². The normalized spacial score (nSPS) is 11.7. The molecule has 0 saturated carbocycles. The summed E-state index contributed by atoms with van der Waals surface area (Å²) in [4.78, 5) is 12.2. The summed E-state index contributed by atoms with van der Waals surface area (Å²) >= 11 is 4.03. The van der Waals surface area contributed by atoms with E-state index in [1.54, 1.807) is 0 Å². The lowest BCUT2D eigenvalue weighted by molar-refractivity contribution is -0.123. The highest BCUT2D eigenvalue weighted by molar-refractivity contribution is 7.78. The Labute approximate surface area is 166 Å². The number of ether oxygens (including phenoxy) is 4. The molecule has 1 amide bonds. The van der Waals surface area contributed by atoms with E-state index in [1.165, 1.54) is 0 Å². The number of amides is 1. The van der Waals surface area contributed by atoms with Crippen LogP contribution in [0, 0.1) is 12.3 Å². The number of terminal acetylenes is 1. The van der Waals surface area contributed by atoms with E-state index < -0.39 is 6.04 Å². The second kappa shape index (κ2) is 16.6. The minimum absolute atomic E-state index is 0.153. The van der Waals surface area contributed by atoms with Crippen molar-refractivity contribution in [1.82, 2.24) is 10.0 Å². The molecule has 1 aromatic carbocycles. The fourth-order valence-electron chi connectivity index (χ4n) is 2.07. The summed E-state index contributed by atoms with van der Waals surface area (Å²) in [6, 6.07) is 8.89. The van der Waals surface area contributed by atoms with E-state index >= 15 is 0 Å². The van der Waals surface area contributed by atoms with E-state index in [9.17, 15) is 4.79 Å². The van der Waals surface area contributed by atoms with Crippen LogP contribution in [0.25, 0.3) is 0 Å². The van der Waals surface area contributed by atoms with Crippen molar-refractivity contribution in [2.75, 3.05) is 59.4 Å². The Morgan fingerprint density at radius 2 is 1.52 bits per heavy atom. The van der Waals surface area contributed by atoms with Gasteiger partial charge >= 0.3 is 0 Å². The lowest BCUT2D eigenvalue weighted by Crippen LogP contribution is -2.36. The predicted octanol–water partition coefficient (Wildman–Crippen LogP) is 0.978. The topological polar surface area (TPSA) is 78.1 Å². The van der Waals surface area contributed by atoms with Gasteiger partial charge in [0, 0.05) is 6.54 Å². The van der Waals surface area contributed by atoms with Gasteiger partial charge in [-0.3, -0.25) is 9.52 Å². The molecule has 0 aliphatic carbocycles. The molecular formula is C19H28N2O5S. The van der Waals surface area contributed by atoms with Crippen LogP contribution in [0.1, 0.15) is 11.6 Å². The molecule has 1 atom stereocenters. The zero-order valence-corrected chi connectivity index (χ0v) is 16.3. The molecular weight excluding hydrogens is 368 g/mol. The van der Waals surface area contributed by atoms with Crippen molar-refractivity contribution in [3.63, 3.8) is 0 Å². The van der Waals surface area contributed by atoms with Crippen LogP contribution in [0.3, 0.4) is 0 Å². The van der Waals surface area contributed by atoms with Gasteiger partial charge in [-0.1, -0.05) is 49.1 Å². The molecule has 0 spiro atoms. The van der Waals surface area contributed by atoms with E-state index in [-0.39, 0.29) is 5.91 Å². The van der Waals surface area contributed by atoms with E-state index in [0.717, 1.165) is 5.56 Å². The second-order valence-corrected chi connectivity index (χ2v) is 5.62. The van der Waals surface area contributed by atoms with Gasteiger partial charge in [0.05, 0.1) is 46.2 Å². The van der Waals surface area contributed by atoms with E-state index in [2.05, 4.69) is 28.8 Å². The van der Waals surface area contributed by atoms with Crippen molar-refractivity contribution >= 4 is 18.7 Å². The first-order valence-electron chi connectivity index (χ1n) is 8.76. The van der Waals surface area contributed by atoms with Crippen molar-refractivity contribution in [3.05, 3.63) is 35.9 Å². The van der Waals surface area contributed by atoms with Gasteiger partial charge in [0.25, 0.3) is 0 Å². The van der Waals surface area contributed by atoms with Gasteiger partial charge in [-0.05, 0) is 5.56 Å². The van der Waals surface area contributed by atoms with Crippen molar-refractivity contribution in [2.24, 2.45) is 0 Å². The predicted molar refractivity (Wildman–Crippen MR) is 106 cm³/mol. The molecule has 150 valence electrons. The number of carbonyl (C=O) groups excluding carboxylic acids is 1. The van der Waals surface area contributed by atoms with Crippen LogP contribution in [0.5, 0.6) is 0 Å². The van der Waals surface area contributed by atoms with Crippen molar-refractivity contribution in [1.29, 1.82) is 0 Å². The molecule has 0 aliphatic heterocycles. The SMILES string of the molecule is C#CCOCCOCCOCCOCCNC(=O)C(NS)c1ccccc1. The lowest BCUT2D eigenvalue weighted by Gasteiger charge is -2.15. The summed E-state index contributed by atoms with van der Waals surface area (Å²) in [5, 5.41) is 2.81. The van der Waals surface area contributed by atoms with Gasteiger partial charge in [-0.2, -0.15) is 0 Å². The summed E-state index contributed by atoms with van der Waals surface area (Å²) < 4.78 is 23.9. The molecule has 8 heteroatoms. The van der Waals surface area contributed by atoms with E-state index in [4.69, 9.17) is 25.4 Å². The Kier molecular flexibility index (Phi) is 14.4. The molecule has 0 heterocycles. The van der Waals surface area contributed by atoms with Gasteiger partial charge in [0.1, 0.15) is 12.6 Å².